The van der Waals surface area contributed by atoms with E-state index in [-0.39, 0.29) is 5.82 Å². The van der Waals surface area contributed by atoms with Crippen LogP contribution in [-0.4, -0.2) is 43.6 Å². The maximum absolute atomic E-state index is 13.9. The normalized spacial score (nSPS) is 16.3. The third kappa shape index (κ3) is 5.87. The van der Waals surface area contributed by atoms with E-state index in [9.17, 15) is 4.39 Å². The zero-order valence-corrected chi connectivity index (χ0v) is 15.0. The van der Waals surface area contributed by atoms with Gasteiger partial charge in [0.2, 0.25) is 0 Å². The molecule has 1 aromatic rings. The van der Waals surface area contributed by atoms with Gasteiger partial charge in [0.1, 0.15) is 5.82 Å². The van der Waals surface area contributed by atoms with Crippen molar-refractivity contribution in [3.8, 4) is 6.07 Å². The molecular weight excluding hydrogens is 317 g/mol. The third-order valence-electron chi connectivity index (χ3n) is 4.27. The average Bonchev–Trinajstić information content (AvgIpc) is 2.60. The van der Waals surface area contributed by atoms with Crippen LogP contribution in [0.1, 0.15) is 30.9 Å². The van der Waals surface area contributed by atoms with Crippen molar-refractivity contribution in [2.24, 2.45) is 4.99 Å². The number of hydrogen-bond donors (Lipinski definition) is 2. The minimum Gasteiger partial charge on any atom is -0.354 e. The van der Waals surface area contributed by atoms with Crippen molar-refractivity contribution in [2.75, 3.05) is 26.7 Å². The number of aliphatic imine (C=N–C) groups is 1. The number of piperidine rings is 1. The van der Waals surface area contributed by atoms with Crippen LogP contribution in [0.3, 0.4) is 0 Å². The summed E-state index contributed by atoms with van der Waals surface area (Å²) in [5, 5.41) is 15.3. The van der Waals surface area contributed by atoms with Crippen molar-refractivity contribution >= 4 is 5.96 Å². The van der Waals surface area contributed by atoms with Crippen molar-refractivity contribution in [1.82, 2.24) is 15.5 Å². The summed E-state index contributed by atoms with van der Waals surface area (Å²) in [6, 6.07) is 6.80. The van der Waals surface area contributed by atoms with E-state index in [1.165, 1.54) is 11.6 Å². The fourth-order valence-corrected chi connectivity index (χ4v) is 2.94. The van der Waals surface area contributed by atoms with E-state index in [2.05, 4.69) is 34.0 Å². The Kier molecular flexibility index (Phi) is 6.96. The molecule has 2 N–H and O–H groups in total. The molecule has 6 heteroatoms. The molecule has 0 saturated carbocycles. The monoisotopic (exact) mass is 343 g/mol. The van der Waals surface area contributed by atoms with E-state index in [1.54, 1.807) is 19.2 Å². The van der Waals surface area contributed by atoms with Crippen LogP contribution in [0.25, 0.3) is 0 Å². The molecule has 0 atom stereocenters. The first kappa shape index (κ1) is 18.9. The number of halogens is 1. The third-order valence-corrected chi connectivity index (χ3v) is 4.27. The van der Waals surface area contributed by atoms with Crippen LogP contribution in [0, 0.1) is 17.1 Å². The first-order valence-corrected chi connectivity index (χ1v) is 8.54. The van der Waals surface area contributed by atoms with Crippen LogP contribution in [0.2, 0.25) is 0 Å². The van der Waals surface area contributed by atoms with E-state index >= 15 is 0 Å². The summed E-state index contributed by atoms with van der Waals surface area (Å²) in [4.78, 5) is 6.63. The lowest BCUT2D eigenvalue weighted by Gasteiger charge is -2.33. The highest BCUT2D eigenvalue weighted by molar-refractivity contribution is 5.79. The quantitative estimate of drug-likeness (QED) is 0.490. The highest BCUT2D eigenvalue weighted by atomic mass is 19.1. The molecule has 1 aliphatic heterocycles. The van der Waals surface area contributed by atoms with Crippen molar-refractivity contribution in [3.05, 3.63) is 47.3 Å². The Balaban J connectivity index is 1.82. The van der Waals surface area contributed by atoms with Crippen molar-refractivity contribution in [1.29, 1.82) is 5.26 Å². The topological polar surface area (TPSA) is 63.4 Å². The molecule has 5 nitrogen and oxygen atoms in total. The zero-order valence-electron chi connectivity index (χ0n) is 15.0. The number of rotatable bonds is 5. The second-order valence-electron chi connectivity index (χ2n) is 6.50. The zero-order chi connectivity index (χ0) is 18.2. The molecule has 1 heterocycles. The molecule has 0 spiro atoms. The van der Waals surface area contributed by atoms with Crippen LogP contribution >= 0.6 is 0 Å². The van der Waals surface area contributed by atoms with E-state index < -0.39 is 0 Å². The number of likely N-dealkylation sites (tertiary alicyclic amines) is 1. The van der Waals surface area contributed by atoms with Crippen LogP contribution in [0.4, 0.5) is 4.39 Å². The number of benzene rings is 1. The molecule has 25 heavy (non-hydrogen) atoms. The lowest BCUT2D eigenvalue weighted by molar-refractivity contribution is 0.221. The molecule has 0 unspecified atom stereocenters. The first-order valence-electron chi connectivity index (χ1n) is 8.54. The van der Waals surface area contributed by atoms with E-state index in [0.717, 1.165) is 32.5 Å². The summed E-state index contributed by atoms with van der Waals surface area (Å²) < 4.78 is 13.9. The fourth-order valence-electron chi connectivity index (χ4n) is 2.94. The van der Waals surface area contributed by atoms with Gasteiger partial charge in [-0.05, 0) is 31.9 Å². The second-order valence-corrected chi connectivity index (χ2v) is 6.50. The number of nitrogens with one attached hydrogen (secondary N) is 2. The van der Waals surface area contributed by atoms with Crippen LogP contribution < -0.4 is 10.6 Å². The maximum Gasteiger partial charge on any atom is 0.191 e. The van der Waals surface area contributed by atoms with Gasteiger partial charge in [-0.3, -0.25) is 9.89 Å². The molecule has 1 aliphatic rings. The van der Waals surface area contributed by atoms with Crippen LogP contribution in [0.15, 0.2) is 35.3 Å². The molecule has 0 amide bonds. The van der Waals surface area contributed by atoms with Gasteiger partial charge < -0.3 is 10.6 Å². The Hall–Kier alpha value is -2.39. The molecule has 1 fully saturated rings. The summed E-state index contributed by atoms with van der Waals surface area (Å²) in [5.41, 5.74) is 2.02. The summed E-state index contributed by atoms with van der Waals surface area (Å²) in [6.07, 6.45) is 2.08. The maximum atomic E-state index is 13.9. The average molecular weight is 343 g/mol. The van der Waals surface area contributed by atoms with E-state index in [0.29, 0.717) is 29.7 Å². The molecule has 0 aliphatic carbocycles. The Morgan fingerprint density at radius 3 is 2.72 bits per heavy atom. The molecule has 134 valence electrons. The van der Waals surface area contributed by atoms with Gasteiger partial charge >= 0.3 is 0 Å². The fraction of sp³-hybridized carbons (Fsp3) is 0.474. The first-order chi connectivity index (χ1) is 12.0. The summed E-state index contributed by atoms with van der Waals surface area (Å²) in [5.74, 6) is 0.289. The molecule has 0 bridgehead atoms. The van der Waals surface area contributed by atoms with Gasteiger partial charge in [-0.15, -0.1) is 0 Å². The number of hydrogen-bond acceptors (Lipinski definition) is 3. The van der Waals surface area contributed by atoms with Gasteiger partial charge in [-0.1, -0.05) is 18.2 Å². The van der Waals surface area contributed by atoms with Gasteiger partial charge in [-0.2, -0.15) is 5.26 Å². The number of nitrogens with zero attached hydrogens (tertiary/aromatic N) is 3. The van der Waals surface area contributed by atoms with Gasteiger partial charge in [0.05, 0.1) is 11.6 Å². The smallest absolute Gasteiger partial charge is 0.191 e. The highest BCUT2D eigenvalue weighted by Gasteiger charge is 2.19. The van der Waals surface area contributed by atoms with Crippen molar-refractivity contribution < 1.29 is 4.39 Å². The summed E-state index contributed by atoms with van der Waals surface area (Å²) >= 11 is 0. The van der Waals surface area contributed by atoms with Gasteiger partial charge in [0.25, 0.3) is 0 Å². The number of nitriles is 1. The minimum absolute atomic E-state index is 0.324. The standard InChI is InChI=1S/C19H26FN5/c1-14(2)13-25-8-6-17(7-9-25)24-19(22-3)23-12-16-5-4-15(11-21)10-18(16)20/h4-5,10,17H,1,6-9,12-13H2,2-3H3,(H2,22,23,24). The number of guanidine groups is 1. The Labute approximate surface area is 149 Å². The van der Waals surface area contributed by atoms with Crippen molar-refractivity contribution in [3.63, 3.8) is 0 Å². The van der Waals surface area contributed by atoms with Gasteiger partial charge in [0.15, 0.2) is 5.96 Å². The summed E-state index contributed by atoms with van der Waals surface area (Å²) in [6.45, 7) is 9.37. The van der Waals surface area contributed by atoms with Gasteiger partial charge in [0, 0.05) is 44.8 Å². The Morgan fingerprint density at radius 2 is 2.16 bits per heavy atom. The largest absolute Gasteiger partial charge is 0.354 e. The van der Waals surface area contributed by atoms with Crippen LogP contribution in [-0.2, 0) is 6.54 Å². The predicted octanol–water partition coefficient (Wildman–Crippen LogP) is 2.40. The van der Waals surface area contributed by atoms with Gasteiger partial charge in [-0.25, -0.2) is 4.39 Å². The molecule has 1 saturated heterocycles. The van der Waals surface area contributed by atoms with E-state index in [4.69, 9.17) is 5.26 Å². The Bertz CT molecular complexity index is 669. The molecule has 1 aromatic carbocycles. The lowest BCUT2D eigenvalue weighted by atomic mass is 10.0. The predicted molar refractivity (Wildman–Crippen MR) is 98.7 cm³/mol. The van der Waals surface area contributed by atoms with Crippen LogP contribution in [0.5, 0.6) is 0 Å². The summed E-state index contributed by atoms with van der Waals surface area (Å²) in [7, 11) is 1.71. The molecule has 0 radical (unpaired) electrons. The van der Waals surface area contributed by atoms with Crippen molar-refractivity contribution in [2.45, 2.75) is 32.4 Å². The Morgan fingerprint density at radius 1 is 1.44 bits per heavy atom. The SMILES string of the molecule is C=C(C)CN1CCC(NC(=NC)NCc2ccc(C#N)cc2F)CC1. The minimum atomic E-state index is -0.380. The second kappa shape index (κ2) is 9.19. The molecule has 0 aromatic heterocycles. The highest BCUT2D eigenvalue weighted by Crippen LogP contribution is 2.12. The lowest BCUT2D eigenvalue weighted by Crippen LogP contribution is -2.48. The molecular formula is C19H26FN5. The molecule has 2 rings (SSSR count). The van der Waals surface area contributed by atoms with E-state index in [1.807, 2.05) is 6.07 Å².